The highest BCUT2D eigenvalue weighted by molar-refractivity contribution is 9.10. The molecular weight excluding hydrogens is 475 g/mol. The number of ether oxygens (including phenoxy) is 1. The molecule has 2 N–H and O–H groups in total. The van der Waals surface area contributed by atoms with E-state index in [0.29, 0.717) is 16.5 Å². The maximum Gasteiger partial charge on any atom is 0.258 e. The minimum absolute atomic E-state index is 0.147. The highest BCUT2D eigenvalue weighted by Gasteiger charge is 2.09. The Hall–Kier alpha value is -1.57. The van der Waals surface area contributed by atoms with Gasteiger partial charge >= 0.3 is 0 Å². The molecule has 2 amide bonds. The Morgan fingerprint density at radius 2 is 1.76 bits per heavy atom. The van der Waals surface area contributed by atoms with E-state index in [1.165, 1.54) is 0 Å². The number of carbonyl (C=O) groups excluding carboxylic acids is 2. The first-order chi connectivity index (χ1) is 11.8. The molecule has 132 valence electrons. The van der Waals surface area contributed by atoms with E-state index in [4.69, 9.17) is 16.3 Å². The third kappa shape index (κ3) is 6.34. The van der Waals surface area contributed by atoms with Crippen molar-refractivity contribution in [3.8, 4) is 5.75 Å². The zero-order chi connectivity index (χ0) is 18.4. The quantitative estimate of drug-likeness (QED) is 0.634. The molecule has 0 fully saturated rings. The molecular formula is C17H15Br2ClN2O3. The van der Waals surface area contributed by atoms with Crippen molar-refractivity contribution >= 4 is 61.0 Å². The molecule has 0 aliphatic rings. The van der Waals surface area contributed by atoms with Gasteiger partial charge in [-0.05, 0) is 48.9 Å². The standard InChI is InChI=1S/C17H15Br2ClN2O3/c1-10-6-11(18)2-4-14(10)22-16(23)8-21-17(24)9-25-15-5-3-12(19)7-13(15)20/h2-7H,8-9H2,1H3,(H,21,24)(H,22,23). The van der Waals surface area contributed by atoms with Crippen molar-refractivity contribution in [2.75, 3.05) is 18.5 Å². The van der Waals surface area contributed by atoms with Gasteiger partial charge in [0, 0.05) is 14.6 Å². The number of nitrogens with one attached hydrogen (secondary N) is 2. The summed E-state index contributed by atoms with van der Waals surface area (Å²) in [6.07, 6.45) is 0. The molecule has 8 heteroatoms. The van der Waals surface area contributed by atoms with Gasteiger partial charge in [0.15, 0.2) is 6.61 Å². The van der Waals surface area contributed by atoms with Gasteiger partial charge in [0.05, 0.1) is 11.6 Å². The minimum Gasteiger partial charge on any atom is -0.482 e. The van der Waals surface area contributed by atoms with Crippen molar-refractivity contribution in [2.24, 2.45) is 0 Å². The van der Waals surface area contributed by atoms with E-state index in [-0.39, 0.29) is 19.1 Å². The third-order valence-electron chi connectivity index (χ3n) is 3.16. The Morgan fingerprint density at radius 1 is 1.08 bits per heavy atom. The lowest BCUT2D eigenvalue weighted by Gasteiger charge is -2.11. The molecule has 25 heavy (non-hydrogen) atoms. The summed E-state index contributed by atoms with van der Waals surface area (Å²) < 4.78 is 7.08. The van der Waals surface area contributed by atoms with E-state index in [9.17, 15) is 9.59 Å². The zero-order valence-corrected chi connectivity index (χ0v) is 17.2. The Bertz CT molecular complexity index is 799. The van der Waals surface area contributed by atoms with Crippen LogP contribution in [0.3, 0.4) is 0 Å². The predicted molar refractivity (Wildman–Crippen MR) is 105 cm³/mol. The highest BCUT2D eigenvalue weighted by Crippen LogP contribution is 2.27. The van der Waals surface area contributed by atoms with Crippen molar-refractivity contribution in [2.45, 2.75) is 6.92 Å². The molecule has 2 aromatic rings. The molecule has 0 bridgehead atoms. The normalized spacial score (nSPS) is 10.2. The van der Waals surface area contributed by atoms with Crippen molar-refractivity contribution in [1.29, 1.82) is 0 Å². The second-order valence-corrected chi connectivity index (χ2v) is 7.39. The smallest absolute Gasteiger partial charge is 0.258 e. The fourth-order valence-corrected chi connectivity index (χ4v) is 3.13. The van der Waals surface area contributed by atoms with Crippen LogP contribution in [0.2, 0.25) is 5.02 Å². The number of aryl methyl sites for hydroxylation is 1. The number of hydrogen-bond donors (Lipinski definition) is 2. The van der Waals surface area contributed by atoms with E-state index >= 15 is 0 Å². The van der Waals surface area contributed by atoms with Gasteiger partial charge in [-0.25, -0.2) is 0 Å². The van der Waals surface area contributed by atoms with Gasteiger partial charge in [0.1, 0.15) is 5.75 Å². The average molecular weight is 491 g/mol. The molecule has 0 spiro atoms. The topological polar surface area (TPSA) is 67.4 Å². The van der Waals surface area contributed by atoms with Crippen LogP contribution < -0.4 is 15.4 Å². The molecule has 0 atom stereocenters. The first kappa shape index (κ1) is 19.8. The van der Waals surface area contributed by atoms with Gasteiger partial charge < -0.3 is 15.4 Å². The number of amides is 2. The SMILES string of the molecule is Cc1cc(Br)ccc1NC(=O)CNC(=O)COc1ccc(Br)cc1Cl. The van der Waals surface area contributed by atoms with Crippen LogP contribution in [0.25, 0.3) is 0 Å². The molecule has 2 aromatic carbocycles. The summed E-state index contributed by atoms with van der Waals surface area (Å²) >= 11 is 12.7. The average Bonchev–Trinajstić information content (AvgIpc) is 2.55. The van der Waals surface area contributed by atoms with Crippen LogP contribution in [0.15, 0.2) is 45.3 Å². The number of carbonyl (C=O) groups is 2. The molecule has 2 rings (SSSR count). The fraction of sp³-hybridized carbons (Fsp3) is 0.176. The maximum atomic E-state index is 11.9. The molecule has 5 nitrogen and oxygen atoms in total. The molecule has 0 aliphatic heterocycles. The minimum atomic E-state index is -0.415. The second-order valence-electron chi connectivity index (χ2n) is 5.15. The first-order valence-corrected chi connectivity index (χ1v) is 9.22. The van der Waals surface area contributed by atoms with E-state index in [2.05, 4.69) is 42.5 Å². The fourth-order valence-electron chi connectivity index (χ4n) is 1.93. The van der Waals surface area contributed by atoms with Crippen molar-refractivity contribution in [3.05, 3.63) is 55.9 Å². The van der Waals surface area contributed by atoms with Crippen LogP contribution in [-0.2, 0) is 9.59 Å². The monoisotopic (exact) mass is 488 g/mol. The summed E-state index contributed by atoms with van der Waals surface area (Å²) in [7, 11) is 0. The molecule has 0 saturated heterocycles. The van der Waals surface area contributed by atoms with Gasteiger partial charge in [0.25, 0.3) is 5.91 Å². The largest absolute Gasteiger partial charge is 0.482 e. The van der Waals surface area contributed by atoms with Crippen LogP contribution in [-0.4, -0.2) is 25.0 Å². The lowest BCUT2D eigenvalue weighted by Crippen LogP contribution is -2.35. The van der Waals surface area contributed by atoms with Crippen LogP contribution in [0.1, 0.15) is 5.56 Å². The van der Waals surface area contributed by atoms with Gasteiger partial charge in [-0.2, -0.15) is 0 Å². The molecule has 0 aliphatic carbocycles. The zero-order valence-electron chi connectivity index (χ0n) is 13.2. The van der Waals surface area contributed by atoms with E-state index in [0.717, 1.165) is 14.5 Å². The summed E-state index contributed by atoms with van der Waals surface area (Å²) in [5, 5.41) is 5.63. The highest BCUT2D eigenvalue weighted by atomic mass is 79.9. The maximum absolute atomic E-state index is 11.9. The van der Waals surface area contributed by atoms with Gasteiger partial charge in [-0.15, -0.1) is 0 Å². The number of halogens is 3. The van der Waals surface area contributed by atoms with Crippen molar-refractivity contribution in [3.63, 3.8) is 0 Å². The van der Waals surface area contributed by atoms with E-state index < -0.39 is 5.91 Å². The molecule has 0 unspecified atom stereocenters. The molecule has 0 heterocycles. The number of rotatable bonds is 6. The van der Waals surface area contributed by atoms with Crippen molar-refractivity contribution in [1.82, 2.24) is 5.32 Å². The lowest BCUT2D eigenvalue weighted by molar-refractivity contribution is -0.125. The summed E-state index contributed by atoms with van der Waals surface area (Å²) in [6, 6.07) is 10.6. The Morgan fingerprint density at radius 3 is 2.44 bits per heavy atom. The van der Waals surface area contributed by atoms with E-state index in [1.54, 1.807) is 24.3 Å². The summed E-state index contributed by atoms with van der Waals surface area (Å²) in [4.78, 5) is 23.7. The Balaban J connectivity index is 1.78. The first-order valence-electron chi connectivity index (χ1n) is 7.25. The molecule has 0 saturated carbocycles. The van der Waals surface area contributed by atoms with Crippen LogP contribution in [0.4, 0.5) is 5.69 Å². The summed E-state index contributed by atoms with van der Waals surface area (Å²) in [5.41, 5.74) is 1.61. The Kier molecular flexibility index (Phi) is 7.28. The second kappa shape index (κ2) is 9.22. The molecule has 0 radical (unpaired) electrons. The third-order valence-corrected chi connectivity index (χ3v) is 4.44. The van der Waals surface area contributed by atoms with E-state index in [1.807, 2.05) is 19.1 Å². The lowest BCUT2D eigenvalue weighted by atomic mass is 10.2. The predicted octanol–water partition coefficient (Wildman–Crippen LogP) is 4.31. The summed E-state index contributed by atoms with van der Waals surface area (Å²) in [6.45, 7) is 1.51. The van der Waals surface area contributed by atoms with Crippen LogP contribution in [0, 0.1) is 6.92 Å². The number of hydrogen-bond acceptors (Lipinski definition) is 3. The van der Waals surface area contributed by atoms with Crippen molar-refractivity contribution < 1.29 is 14.3 Å². The number of anilines is 1. The Labute approximate surface area is 167 Å². The number of benzene rings is 2. The van der Waals surface area contributed by atoms with Gasteiger partial charge in [-0.3, -0.25) is 9.59 Å². The van der Waals surface area contributed by atoms with Crippen LogP contribution >= 0.6 is 43.5 Å². The van der Waals surface area contributed by atoms with Gasteiger partial charge in [0.2, 0.25) is 5.91 Å². The molecule has 0 aromatic heterocycles. The van der Waals surface area contributed by atoms with Gasteiger partial charge in [-0.1, -0.05) is 43.5 Å². The van der Waals surface area contributed by atoms with Crippen LogP contribution in [0.5, 0.6) is 5.75 Å². The summed E-state index contributed by atoms with van der Waals surface area (Å²) in [5.74, 6) is -0.336.